The van der Waals surface area contributed by atoms with E-state index in [1.54, 1.807) is 6.07 Å². The van der Waals surface area contributed by atoms with E-state index in [0.29, 0.717) is 30.1 Å². The first-order valence-electron chi connectivity index (χ1n) is 12.7. The Morgan fingerprint density at radius 2 is 2.08 bits per heavy atom. The molecule has 4 heterocycles. The molecule has 0 spiro atoms. The Bertz CT molecular complexity index is 1590. The Hall–Kier alpha value is -4.51. The first kappa shape index (κ1) is 26.1. The predicted octanol–water partition coefficient (Wildman–Crippen LogP) is 4.23. The van der Waals surface area contributed by atoms with Crippen molar-refractivity contribution in [3.05, 3.63) is 71.6 Å². The van der Waals surface area contributed by atoms with Crippen LogP contribution in [-0.2, 0) is 6.42 Å². The number of benzene rings is 1. The van der Waals surface area contributed by atoms with Crippen LogP contribution in [0.1, 0.15) is 28.5 Å². The Balaban J connectivity index is 1.39. The third-order valence-electron chi connectivity index (χ3n) is 6.90. The van der Waals surface area contributed by atoms with E-state index < -0.39 is 11.8 Å². The highest BCUT2D eigenvalue weighted by Gasteiger charge is 2.18. The second-order valence-electron chi connectivity index (χ2n) is 9.63. The summed E-state index contributed by atoms with van der Waals surface area (Å²) in [5.41, 5.74) is 4.27. The highest BCUT2D eigenvalue weighted by atomic mass is 19.1. The second kappa shape index (κ2) is 11.1. The maximum Gasteiger partial charge on any atom is 0.341 e. The number of aromatic carboxylic acids is 1. The van der Waals surface area contributed by atoms with Gasteiger partial charge in [-0.15, -0.1) is 0 Å². The van der Waals surface area contributed by atoms with Gasteiger partial charge >= 0.3 is 5.97 Å². The maximum atomic E-state index is 13.8. The quantitative estimate of drug-likeness (QED) is 0.219. The van der Waals surface area contributed by atoms with Crippen molar-refractivity contribution in [1.82, 2.24) is 24.5 Å². The topological polar surface area (TPSA) is 114 Å². The van der Waals surface area contributed by atoms with Crippen LogP contribution in [-0.4, -0.2) is 82.0 Å². The van der Waals surface area contributed by atoms with Gasteiger partial charge in [-0.3, -0.25) is 4.99 Å². The van der Waals surface area contributed by atoms with E-state index in [0.717, 1.165) is 42.6 Å². The largest absolute Gasteiger partial charge is 0.477 e. The van der Waals surface area contributed by atoms with Gasteiger partial charge in [0.25, 0.3) is 0 Å². The minimum Gasteiger partial charge on any atom is -0.477 e. The SMILES string of the molecule is C=N/C=C(\C=C(/C)F)c1cc(NCCc2c[nH]c3cc(N4CCN(C)CC4)ccc23)n2ncc(C(=O)O)c2n1. The zero-order valence-corrected chi connectivity index (χ0v) is 22.0. The molecule has 0 unspecified atom stereocenters. The lowest BCUT2D eigenvalue weighted by Gasteiger charge is -2.34. The van der Waals surface area contributed by atoms with Gasteiger partial charge in [-0.25, -0.2) is 14.2 Å². The van der Waals surface area contributed by atoms with Crippen molar-refractivity contribution in [3.63, 3.8) is 0 Å². The molecule has 1 aromatic carbocycles. The molecule has 5 rings (SSSR count). The molecule has 0 bridgehead atoms. The monoisotopic (exact) mass is 530 g/mol. The summed E-state index contributed by atoms with van der Waals surface area (Å²) in [7, 11) is 2.15. The Kier molecular flexibility index (Phi) is 7.42. The lowest BCUT2D eigenvalue weighted by molar-refractivity contribution is 0.0698. The molecule has 0 saturated carbocycles. The van der Waals surface area contributed by atoms with E-state index in [1.807, 2.05) is 6.20 Å². The molecule has 202 valence electrons. The fraction of sp³-hybridized carbons (Fsp3) is 0.286. The number of allylic oxidation sites excluding steroid dienone is 3. The minimum atomic E-state index is -1.15. The number of aliphatic imine (C=N–C) groups is 1. The summed E-state index contributed by atoms with van der Waals surface area (Å²) in [5, 5.41) is 18.4. The summed E-state index contributed by atoms with van der Waals surface area (Å²) in [6.07, 6.45) is 6.64. The highest BCUT2D eigenvalue weighted by Crippen LogP contribution is 2.27. The van der Waals surface area contributed by atoms with Crippen molar-refractivity contribution in [3.8, 4) is 0 Å². The van der Waals surface area contributed by atoms with Crippen LogP contribution < -0.4 is 10.2 Å². The predicted molar refractivity (Wildman–Crippen MR) is 153 cm³/mol. The molecule has 4 aromatic rings. The molecule has 39 heavy (non-hydrogen) atoms. The van der Waals surface area contributed by atoms with Gasteiger partial charge in [-0.05, 0) is 50.9 Å². The van der Waals surface area contributed by atoms with Gasteiger partial charge in [0.15, 0.2) is 5.65 Å². The van der Waals surface area contributed by atoms with E-state index in [2.05, 4.69) is 67.1 Å². The fourth-order valence-corrected chi connectivity index (χ4v) is 4.85. The number of carbonyl (C=O) groups is 1. The molecule has 0 atom stereocenters. The smallest absolute Gasteiger partial charge is 0.341 e. The van der Waals surface area contributed by atoms with Crippen LogP contribution in [0, 0.1) is 0 Å². The standard InChI is InChI=1S/C28H31FN8O2/c1-18(29)12-20(15-30-2)24-14-26(37-27(34-24)23(17-33-37)28(38)39)31-7-6-19-16-32-25-13-21(4-5-22(19)25)36-10-8-35(3)9-11-36/h4-5,12-17,31-32H,2,6-11H2,1,3H3,(H,38,39)/b18-12+,20-15+. The Morgan fingerprint density at radius 1 is 1.28 bits per heavy atom. The van der Waals surface area contributed by atoms with Crippen molar-refractivity contribution in [2.45, 2.75) is 13.3 Å². The molecular weight excluding hydrogens is 499 g/mol. The van der Waals surface area contributed by atoms with E-state index in [-0.39, 0.29) is 11.2 Å². The van der Waals surface area contributed by atoms with Crippen LogP contribution in [0.4, 0.5) is 15.9 Å². The number of hydrogen-bond acceptors (Lipinski definition) is 7. The van der Waals surface area contributed by atoms with Gasteiger partial charge in [0.2, 0.25) is 0 Å². The maximum absolute atomic E-state index is 13.8. The van der Waals surface area contributed by atoms with Crippen molar-refractivity contribution < 1.29 is 14.3 Å². The van der Waals surface area contributed by atoms with Crippen molar-refractivity contribution >= 4 is 46.3 Å². The van der Waals surface area contributed by atoms with Crippen LogP contribution in [0.5, 0.6) is 0 Å². The molecule has 3 N–H and O–H groups in total. The minimum absolute atomic E-state index is 0.0560. The van der Waals surface area contributed by atoms with Gasteiger partial charge in [-0.2, -0.15) is 9.61 Å². The first-order chi connectivity index (χ1) is 18.8. The number of hydrogen-bond donors (Lipinski definition) is 3. The third-order valence-corrected chi connectivity index (χ3v) is 6.90. The van der Waals surface area contributed by atoms with Gasteiger partial charge in [-0.1, -0.05) is 6.07 Å². The van der Waals surface area contributed by atoms with Gasteiger partial charge in [0.05, 0.1) is 17.7 Å². The molecule has 1 aliphatic rings. The summed E-state index contributed by atoms with van der Waals surface area (Å²) in [5.74, 6) is -1.07. The number of fused-ring (bicyclic) bond motifs is 2. The van der Waals surface area contributed by atoms with Gasteiger partial charge in [0, 0.05) is 73.4 Å². The van der Waals surface area contributed by atoms with Crippen LogP contribution >= 0.6 is 0 Å². The molecule has 10 nitrogen and oxygen atoms in total. The molecule has 3 aromatic heterocycles. The van der Waals surface area contributed by atoms with E-state index >= 15 is 0 Å². The summed E-state index contributed by atoms with van der Waals surface area (Å²) >= 11 is 0. The number of likely N-dealkylation sites (N-methyl/N-ethyl adjacent to an activating group) is 1. The lowest BCUT2D eigenvalue weighted by atomic mass is 10.1. The first-order valence-corrected chi connectivity index (χ1v) is 12.7. The summed E-state index contributed by atoms with van der Waals surface area (Å²) in [6.45, 7) is 9.44. The average Bonchev–Trinajstić information content (AvgIpc) is 3.53. The molecule has 0 amide bonds. The number of nitrogens with zero attached hydrogens (tertiary/aromatic N) is 6. The number of aromatic amines is 1. The van der Waals surface area contributed by atoms with E-state index in [1.165, 1.54) is 35.6 Å². The van der Waals surface area contributed by atoms with Crippen molar-refractivity contribution in [2.24, 2.45) is 4.99 Å². The highest BCUT2D eigenvalue weighted by molar-refractivity contribution is 5.95. The number of H-pyrrole nitrogens is 1. The normalized spacial score (nSPS) is 15.3. The summed E-state index contributed by atoms with van der Waals surface area (Å²) < 4.78 is 15.2. The van der Waals surface area contributed by atoms with Crippen LogP contribution in [0.25, 0.3) is 22.1 Å². The number of nitrogens with one attached hydrogen (secondary N) is 2. The van der Waals surface area contributed by atoms with Crippen LogP contribution in [0.2, 0.25) is 0 Å². The second-order valence-corrected chi connectivity index (χ2v) is 9.63. The van der Waals surface area contributed by atoms with Crippen molar-refractivity contribution in [1.29, 1.82) is 0 Å². The molecule has 1 aliphatic heterocycles. The number of anilines is 2. The van der Waals surface area contributed by atoms with E-state index in [4.69, 9.17) is 0 Å². The lowest BCUT2D eigenvalue weighted by Crippen LogP contribution is -2.44. The van der Waals surface area contributed by atoms with Crippen molar-refractivity contribution in [2.75, 3.05) is 50.0 Å². The number of piperazine rings is 1. The van der Waals surface area contributed by atoms with E-state index in [9.17, 15) is 14.3 Å². The summed E-state index contributed by atoms with van der Waals surface area (Å²) in [4.78, 5) is 28.1. The third kappa shape index (κ3) is 5.53. The van der Waals surface area contributed by atoms with Crippen LogP contribution in [0.15, 0.2) is 59.8 Å². The Morgan fingerprint density at radius 3 is 2.79 bits per heavy atom. The fourth-order valence-electron chi connectivity index (χ4n) is 4.85. The number of halogens is 1. The molecule has 1 saturated heterocycles. The van der Waals surface area contributed by atoms with Gasteiger partial charge < -0.3 is 25.2 Å². The number of carboxylic acid groups (broad SMARTS) is 1. The number of carboxylic acids is 1. The zero-order chi connectivity index (χ0) is 27.5. The van der Waals surface area contributed by atoms with Crippen LogP contribution in [0.3, 0.4) is 0 Å². The number of aromatic nitrogens is 4. The average molecular weight is 531 g/mol. The molecular formula is C28H31FN8O2. The summed E-state index contributed by atoms with van der Waals surface area (Å²) in [6, 6.07) is 8.24. The molecule has 0 aliphatic carbocycles. The van der Waals surface area contributed by atoms with Gasteiger partial charge in [0.1, 0.15) is 11.4 Å². The molecule has 0 radical (unpaired) electrons. The molecule has 11 heteroatoms. The Labute approximate surface area is 225 Å². The molecule has 1 fully saturated rings. The zero-order valence-electron chi connectivity index (χ0n) is 22.0. The number of rotatable bonds is 9.